The minimum absolute atomic E-state index is 0. The number of aliphatic hydroxyl groups excluding tert-OH is 1. The molecule has 80 valence electrons. The second-order valence-corrected chi connectivity index (χ2v) is 3.38. The van der Waals surface area contributed by atoms with E-state index in [-0.39, 0.29) is 25.1 Å². The molecule has 0 aliphatic carbocycles. The minimum Gasteiger partial charge on any atom is -0.396 e. The van der Waals surface area contributed by atoms with E-state index >= 15 is 0 Å². The second kappa shape index (κ2) is 6.82. The Morgan fingerprint density at radius 3 is 2.36 bits per heavy atom. The van der Waals surface area contributed by atoms with E-state index in [0.717, 1.165) is 18.4 Å². The summed E-state index contributed by atoms with van der Waals surface area (Å²) in [6.07, 6.45) is 1.62. The molecule has 0 aliphatic heterocycles. The van der Waals surface area contributed by atoms with Crippen LogP contribution < -0.4 is 5.73 Å². The van der Waals surface area contributed by atoms with Gasteiger partial charge in [-0.15, -0.1) is 12.4 Å². The van der Waals surface area contributed by atoms with Crippen LogP contribution in [0.15, 0.2) is 24.3 Å². The fourth-order valence-corrected chi connectivity index (χ4v) is 1.29. The van der Waals surface area contributed by atoms with Crippen molar-refractivity contribution in [2.45, 2.75) is 25.8 Å². The van der Waals surface area contributed by atoms with Crippen molar-refractivity contribution in [1.82, 2.24) is 0 Å². The van der Waals surface area contributed by atoms with Gasteiger partial charge in [0.05, 0.1) is 0 Å². The van der Waals surface area contributed by atoms with Crippen LogP contribution in [0.2, 0.25) is 0 Å². The van der Waals surface area contributed by atoms with Gasteiger partial charge in [-0.1, -0.05) is 29.8 Å². The summed E-state index contributed by atoms with van der Waals surface area (Å²) < 4.78 is 0. The summed E-state index contributed by atoms with van der Waals surface area (Å²) in [7, 11) is 0. The lowest BCUT2D eigenvalue weighted by atomic mass is 10.0. The van der Waals surface area contributed by atoms with Gasteiger partial charge in [-0.25, -0.2) is 0 Å². The van der Waals surface area contributed by atoms with Crippen molar-refractivity contribution in [3.05, 3.63) is 35.4 Å². The first kappa shape index (κ1) is 13.4. The maximum atomic E-state index is 8.65. The summed E-state index contributed by atoms with van der Waals surface area (Å²) in [6, 6.07) is 8.30. The van der Waals surface area contributed by atoms with Gasteiger partial charge in [0.1, 0.15) is 0 Å². The smallest absolute Gasteiger partial charge is 0.0431 e. The number of aliphatic hydroxyl groups is 1. The van der Waals surface area contributed by atoms with E-state index in [1.807, 2.05) is 0 Å². The highest BCUT2D eigenvalue weighted by Gasteiger charge is 2.03. The average Bonchev–Trinajstić information content (AvgIpc) is 2.15. The molecule has 0 fully saturated rings. The number of aryl methyl sites for hydroxylation is 1. The van der Waals surface area contributed by atoms with E-state index in [4.69, 9.17) is 10.8 Å². The van der Waals surface area contributed by atoms with Crippen LogP contribution in [0.5, 0.6) is 0 Å². The third kappa shape index (κ3) is 4.09. The van der Waals surface area contributed by atoms with Gasteiger partial charge in [-0.05, 0) is 25.3 Å². The third-order valence-corrected chi connectivity index (χ3v) is 2.18. The molecule has 0 radical (unpaired) electrons. The molecule has 2 nitrogen and oxygen atoms in total. The van der Waals surface area contributed by atoms with Gasteiger partial charge in [0.15, 0.2) is 0 Å². The van der Waals surface area contributed by atoms with Crippen LogP contribution in [0.3, 0.4) is 0 Å². The molecule has 0 spiro atoms. The molecule has 0 saturated heterocycles. The molecule has 0 bridgehead atoms. The lowest BCUT2D eigenvalue weighted by Crippen LogP contribution is -2.10. The Labute approximate surface area is 91.5 Å². The molecule has 0 amide bonds. The molecule has 1 aromatic rings. The van der Waals surface area contributed by atoms with Gasteiger partial charge in [-0.3, -0.25) is 0 Å². The predicted molar refractivity (Wildman–Crippen MR) is 61.7 cm³/mol. The Morgan fingerprint density at radius 1 is 1.29 bits per heavy atom. The van der Waals surface area contributed by atoms with Crippen molar-refractivity contribution < 1.29 is 5.11 Å². The summed E-state index contributed by atoms with van der Waals surface area (Å²) in [4.78, 5) is 0. The van der Waals surface area contributed by atoms with Crippen LogP contribution >= 0.6 is 12.4 Å². The average molecular weight is 216 g/mol. The van der Waals surface area contributed by atoms with Gasteiger partial charge in [-0.2, -0.15) is 0 Å². The first-order valence-electron chi connectivity index (χ1n) is 4.67. The maximum Gasteiger partial charge on any atom is 0.0431 e. The number of halogens is 1. The van der Waals surface area contributed by atoms with Crippen LogP contribution in [-0.2, 0) is 0 Å². The van der Waals surface area contributed by atoms with Crippen LogP contribution in [0, 0.1) is 6.92 Å². The monoisotopic (exact) mass is 215 g/mol. The van der Waals surface area contributed by atoms with Crippen LogP contribution in [0.1, 0.15) is 30.0 Å². The zero-order chi connectivity index (χ0) is 9.68. The lowest BCUT2D eigenvalue weighted by molar-refractivity contribution is 0.280. The second-order valence-electron chi connectivity index (χ2n) is 3.38. The van der Waals surface area contributed by atoms with Crippen molar-refractivity contribution in [2.24, 2.45) is 5.73 Å². The van der Waals surface area contributed by atoms with Crippen molar-refractivity contribution in [1.29, 1.82) is 0 Å². The highest BCUT2D eigenvalue weighted by Crippen LogP contribution is 2.15. The Morgan fingerprint density at radius 2 is 1.86 bits per heavy atom. The Kier molecular flexibility index (Phi) is 6.54. The highest BCUT2D eigenvalue weighted by molar-refractivity contribution is 5.85. The molecule has 3 N–H and O–H groups in total. The first-order valence-corrected chi connectivity index (χ1v) is 4.67. The first-order chi connectivity index (χ1) is 6.24. The molecule has 0 heterocycles. The fraction of sp³-hybridized carbons (Fsp3) is 0.455. The van der Waals surface area contributed by atoms with E-state index in [1.54, 1.807) is 0 Å². The van der Waals surface area contributed by atoms with Gasteiger partial charge in [0, 0.05) is 12.6 Å². The Bertz CT molecular complexity index is 248. The lowest BCUT2D eigenvalue weighted by Gasteiger charge is -2.10. The highest BCUT2D eigenvalue weighted by atomic mass is 35.5. The van der Waals surface area contributed by atoms with Gasteiger partial charge in [0.25, 0.3) is 0 Å². The Balaban J connectivity index is 0.00000169. The largest absolute Gasteiger partial charge is 0.396 e. The maximum absolute atomic E-state index is 8.65. The molecular weight excluding hydrogens is 198 g/mol. The van der Waals surface area contributed by atoms with Gasteiger partial charge < -0.3 is 10.8 Å². The van der Waals surface area contributed by atoms with Crippen LogP contribution in [-0.4, -0.2) is 11.7 Å². The molecule has 14 heavy (non-hydrogen) atoms. The number of nitrogens with two attached hydrogens (primary N) is 1. The SMILES string of the molecule is Cc1ccc([C@H](N)CCCO)cc1.Cl. The summed E-state index contributed by atoms with van der Waals surface area (Å²) in [5.41, 5.74) is 8.32. The molecule has 0 aliphatic rings. The molecule has 0 unspecified atom stereocenters. The summed E-state index contributed by atoms with van der Waals surface area (Å²) >= 11 is 0. The number of hydrogen-bond acceptors (Lipinski definition) is 2. The normalized spacial score (nSPS) is 11.9. The van der Waals surface area contributed by atoms with E-state index in [2.05, 4.69) is 31.2 Å². The summed E-state index contributed by atoms with van der Waals surface area (Å²) in [5, 5.41) is 8.65. The summed E-state index contributed by atoms with van der Waals surface area (Å²) in [5.74, 6) is 0. The molecule has 3 heteroatoms. The zero-order valence-electron chi connectivity index (χ0n) is 8.44. The van der Waals surface area contributed by atoms with Gasteiger partial charge in [0.2, 0.25) is 0 Å². The summed E-state index contributed by atoms with van der Waals surface area (Å²) in [6.45, 7) is 2.28. The van der Waals surface area contributed by atoms with Crippen molar-refractivity contribution >= 4 is 12.4 Å². The fourth-order valence-electron chi connectivity index (χ4n) is 1.29. The molecule has 1 rings (SSSR count). The van der Waals surface area contributed by atoms with E-state index in [9.17, 15) is 0 Å². The van der Waals surface area contributed by atoms with E-state index in [1.165, 1.54) is 5.56 Å². The number of benzene rings is 1. The van der Waals surface area contributed by atoms with Crippen molar-refractivity contribution in [3.8, 4) is 0 Å². The van der Waals surface area contributed by atoms with Gasteiger partial charge >= 0.3 is 0 Å². The predicted octanol–water partition coefficient (Wildman–Crippen LogP) is 2.19. The van der Waals surface area contributed by atoms with Crippen molar-refractivity contribution in [3.63, 3.8) is 0 Å². The quantitative estimate of drug-likeness (QED) is 0.809. The van der Waals surface area contributed by atoms with Crippen LogP contribution in [0.4, 0.5) is 0 Å². The molecule has 1 atom stereocenters. The topological polar surface area (TPSA) is 46.2 Å². The number of hydrogen-bond donors (Lipinski definition) is 2. The van der Waals surface area contributed by atoms with E-state index in [0.29, 0.717) is 0 Å². The standard InChI is InChI=1S/C11H17NO.ClH/c1-9-4-6-10(7-5-9)11(12)3-2-8-13;/h4-7,11,13H,2-3,8,12H2,1H3;1H/t11-;/m1./s1. The Hall–Kier alpha value is -0.570. The van der Waals surface area contributed by atoms with Crippen LogP contribution in [0.25, 0.3) is 0 Å². The molecular formula is C11H18ClNO. The number of rotatable bonds is 4. The molecule has 0 aromatic heterocycles. The van der Waals surface area contributed by atoms with E-state index < -0.39 is 0 Å². The zero-order valence-corrected chi connectivity index (χ0v) is 9.26. The van der Waals surface area contributed by atoms with Crippen molar-refractivity contribution in [2.75, 3.05) is 6.61 Å². The molecule has 0 saturated carbocycles. The molecule has 1 aromatic carbocycles. The third-order valence-electron chi connectivity index (χ3n) is 2.18. The minimum atomic E-state index is 0.